The second-order valence-electron chi connectivity index (χ2n) is 6.46. The van der Waals surface area contributed by atoms with E-state index in [-0.39, 0.29) is 16.9 Å². The molecular formula is C18H16ClF3N4O2. The molecule has 3 aromatic rings. The summed E-state index contributed by atoms with van der Waals surface area (Å²) in [6.07, 6.45) is -3.30. The van der Waals surface area contributed by atoms with Crippen LogP contribution in [0, 0.1) is 6.92 Å². The van der Waals surface area contributed by atoms with E-state index in [0.29, 0.717) is 41.6 Å². The van der Waals surface area contributed by atoms with Gasteiger partial charge in [-0.3, -0.25) is 0 Å². The molecule has 0 spiro atoms. The minimum atomic E-state index is -4.77. The van der Waals surface area contributed by atoms with Crippen LogP contribution < -0.4 is 4.74 Å². The molecule has 0 N–H and O–H groups in total. The molecule has 0 bridgehead atoms. The molecule has 2 aromatic heterocycles. The lowest BCUT2D eigenvalue weighted by atomic mass is 10.1. The number of alkyl halides is 3. The third-order valence-electron chi connectivity index (χ3n) is 4.49. The van der Waals surface area contributed by atoms with Gasteiger partial charge in [0.15, 0.2) is 10.8 Å². The summed E-state index contributed by atoms with van der Waals surface area (Å²) in [7, 11) is 0. The highest BCUT2D eigenvalue weighted by molar-refractivity contribution is 6.33. The number of benzene rings is 1. The Kier molecular flexibility index (Phi) is 4.88. The molecule has 1 saturated heterocycles. The zero-order valence-electron chi connectivity index (χ0n) is 14.8. The highest BCUT2D eigenvalue weighted by Crippen LogP contribution is 2.35. The molecule has 0 amide bonds. The van der Waals surface area contributed by atoms with Gasteiger partial charge >= 0.3 is 6.36 Å². The summed E-state index contributed by atoms with van der Waals surface area (Å²) in [6.45, 7) is 2.89. The average molecular weight is 413 g/mol. The van der Waals surface area contributed by atoms with Gasteiger partial charge in [-0.1, -0.05) is 23.7 Å². The summed E-state index contributed by atoms with van der Waals surface area (Å²) in [6, 6.07) is 5.75. The zero-order valence-corrected chi connectivity index (χ0v) is 15.6. The fraction of sp³-hybridized carbons (Fsp3) is 0.389. The normalized spacial score (nSPS) is 15.9. The molecule has 0 unspecified atom stereocenters. The molecular weight excluding hydrogens is 397 g/mol. The molecule has 1 aliphatic rings. The fourth-order valence-corrected chi connectivity index (χ4v) is 3.62. The molecule has 6 nitrogen and oxygen atoms in total. The second kappa shape index (κ2) is 7.21. The summed E-state index contributed by atoms with van der Waals surface area (Å²) >= 11 is 6.27. The number of fused-ring (bicyclic) bond motifs is 1. The van der Waals surface area contributed by atoms with E-state index >= 15 is 0 Å². The van der Waals surface area contributed by atoms with Gasteiger partial charge in [0, 0.05) is 24.8 Å². The predicted molar refractivity (Wildman–Crippen MR) is 96.3 cm³/mol. The first kappa shape index (κ1) is 18.9. The Morgan fingerprint density at radius 1 is 1.18 bits per heavy atom. The van der Waals surface area contributed by atoms with E-state index in [4.69, 9.17) is 16.3 Å². The van der Waals surface area contributed by atoms with Crippen molar-refractivity contribution in [2.24, 2.45) is 0 Å². The van der Waals surface area contributed by atoms with E-state index in [1.54, 1.807) is 13.0 Å². The number of imidazole rings is 1. The minimum absolute atomic E-state index is 0.0336. The van der Waals surface area contributed by atoms with Gasteiger partial charge < -0.3 is 14.0 Å². The van der Waals surface area contributed by atoms with Crippen molar-refractivity contribution in [1.29, 1.82) is 0 Å². The molecule has 1 aromatic carbocycles. The van der Waals surface area contributed by atoms with Crippen LogP contribution in [0.15, 0.2) is 24.3 Å². The number of nitrogens with zero attached hydrogens (tertiary/aromatic N) is 4. The summed E-state index contributed by atoms with van der Waals surface area (Å²) < 4.78 is 49.3. The molecule has 0 saturated carbocycles. The van der Waals surface area contributed by atoms with Gasteiger partial charge in [0.1, 0.15) is 22.9 Å². The molecule has 1 aliphatic heterocycles. The van der Waals surface area contributed by atoms with E-state index in [9.17, 15) is 13.2 Å². The van der Waals surface area contributed by atoms with Crippen molar-refractivity contribution in [3.63, 3.8) is 0 Å². The molecule has 0 radical (unpaired) electrons. The van der Waals surface area contributed by atoms with E-state index in [0.717, 1.165) is 12.8 Å². The van der Waals surface area contributed by atoms with Crippen molar-refractivity contribution in [2.75, 3.05) is 13.2 Å². The molecule has 28 heavy (non-hydrogen) atoms. The summed E-state index contributed by atoms with van der Waals surface area (Å²) in [4.78, 5) is 13.2. The first-order chi connectivity index (χ1) is 13.3. The van der Waals surface area contributed by atoms with Gasteiger partial charge in [-0.25, -0.2) is 15.0 Å². The maximum atomic E-state index is 12.6. The molecule has 1 fully saturated rings. The van der Waals surface area contributed by atoms with Gasteiger partial charge in [-0.2, -0.15) is 0 Å². The Morgan fingerprint density at radius 3 is 2.64 bits per heavy atom. The van der Waals surface area contributed by atoms with Crippen molar-refractivity contribution in [3.05, 3.63) is 35.2 Å². The summed E-state index contributed by atoms with van der Waals surface area (Å²) in [5.74, 6) is 0.645. The lowest BCUT2D eigenvalue weighted by Crippen LogP contribution is -2.20. The molecule has 3 heterocycles. The number of aryl methyl sites for hydroxylation is 1. The number of aromatic nitrogens is 4. The lowest BCUT2D eigenvalue weighted by Gasteiger charge is -2.25. The maximum Gasteiger partial charge on any atom is 0.573 e. The van der Waals surface area contributed by atoms with Crippen LogP contribution in [0.4, 0.5) is 13.2 Å². The third-order valence-corrected chi connectivity index (χ3v) is 4.75. The number of ether oxygens (including phenoxy) is 2. The first-order valence-electron chi connectivity index (χ1n) is 8.68. The van der Waals surface area contributed by atoms with Crippen LogP contribution in [-0.4, -0.2) is 39.1 Å². The Hall–Kier alpha value is -2.39. The fourth-order valence-electron chi connectivity index (χ4n) is 3.37. The smallest absolute Gasteiger partial charge is 0.406 e. The predicted octanol–water partition coefficient (Wildman–Crippen LogP) is 4.71. The van der Waals surface area contributed by atoms with Crippen molar-refractivity contribution < 1.29 is 22.6 Å². The van der Waals surface area contributed by atoms with E-state index in [2.05, 4.69) is 19.7 Å². The average Bonchev–Trinajstić information content (AvgIpc) is 3.01. The standard InChI is InChI=1S/C18H16ClF3N4O2/c1-10-23-15(19)14-17(24-10)26(12-5-7-27-8-6-12)16(25-14)11-3-2-4-13(9-11)28-18(20,21)22/h2-4,9,12H,5-8H2,1H3. The summed E-state index contributed by atoms with van der Waals surface area (Å²) in [5, 5.41) is 0.206. The number of hydrogen-bond acceptors (Lipinski definition) is 5. The largest absolute Gasteiger partial charge is 0.573 e. The molecule has 0 aliphatic carbocycles. The Balaban J connectivity index is 1.89. The zero-order chi connectivity index (χ0) is 19.9. The van der Waals surface area contributed by atoms with Crippen LogP contribution in [-0.2, 0) is 4.74 Å². The second-order valence-corrected chi connectivity index (χ2v) is 6.82. The molecule has 148 valence electrons. The van der Waals surface area contributed by atoms with Crippen LogP contribution in [0.1, 0.15) is 24.7 Å². The van der Waals surface area contributed by atoms with Crippen LogP contribution in [0.2, 0.25) is 5.15 Å². The van der Waals surface area contributed by atoms with Crippen LogP contribution in [0.3, 0.4) is 0 Å². The molecule has 10 heteroatoms. The van der Waals surface area contributed by atoms with Crippen LogP contribution in [0.5, 0.6) is 5.75 Å². The Bertz CT molecular complexity index is 1020. The highest BCUT2D eigenvalue weighted by atomic mass is 35.5. The van der Waals surface area contributed by atoms with Crippen molar-refractivity contribution in [2.45, 2.75) is 32.2 Å². The monoisotopic (exact) mass is 412 g/mol. The number of hydrogen-bond donors (Lipinski definition) is 0. The van der Waals surface area contributed by atoms with E-state index < -0.39 is 6.36 Å². The van der Waals surface area contributed by atoms with Crippen LogP contribution >= 0.6 is 11.6 Å². The van der Waals surface area contributed by atoms with E-state index in [1.807, 2.05) is 4.57 Å². The van der Waals surface area contributed by atoms with Gasteiger partial charge in [0.25, 0.3) is 0 Å². The van der Waals surface area contributed by atoms with Gasteiger partial charge in [-0.05, 0) is 31.9 Å². The van der Waals surface area contributed by atoms with E-state index in [1.165, 1.54) is 18.2 Å². The van der Waals surface area contributed by atoms with Crippen molar-refractivity contribution in [3.8, 4) is 17.1 Å². The third kappa shape index (κ3) is 3.77. The van der Waals surface area contributed by atoms with Crippen molar-refractivity contribution in [1.82, 2.24) is 19.5 Å². The molecule has 4 rings (SSSR count). The first-order valence-corrected chi connectivity index (χ1v) is 9.05. The Labute approximate surface area is 163 Å². The van der Waals surface area contributed by atoms with Crippen molar-refractivity contribution >= 4 is 22.8 Å². The van der Waals surface area contributed by atoms with Gasteiger partial charge in [0.05, 0.1) is 0 Å². The summed E-state index contributed by atoms with van der Waals surface area (Å²) in [5.41, 5.74) is 1.44. The number of halogens is 4. The Morgan fingerprint density at radius 2 is 1.93 bits per heavy atom. The van der Waals surface area contributed by atoms with Gasteiger partial charge in [0.2, 0.25) is 0 Å². The molecule has 0 atom stereocenters. The quantitative estimate of drug-likeness (QED) is 0.583. The van der Waals surface area contributed by atoms with Gasteiger partial charge in [-0.15, -0.1) is 13.2 Å². The minimum Gasteiger partial charge on any atom is -0.406 e. The SMILES string of the molecule is Cc1nc(Cl)c2nc(-c3cccc(OC(F)(F)F)c3)n(C3CCOCC3)c2n1. The highest BCUT2D eigenvalue weighted by Gasteiger charge is 2.31. The number of rotatable bonds is 3. The topological polar surface area (TPSA) is 62.1 Å². The maximum absolute atomic E-state index is 12.6. The van der Waals surface area contributed by atoms with Crippen LogP contribution in [0.25, 0.3) is 22.6 Å². The lowest BCUT2D eigenvalue weighted by molar-refractivity contribution is -0.274.